The Kier molecular flexibility index (Phi) is 5.93. The van der Waals surface area contributed by atoms with Crippen LogP contribution < -0.4 is 10.6 Å². The number of ether oxygens (including phenoxy) is 1. The minimum absolute atomic E-state index is 0.305. The van der Waals surface area contributed by atoms with Crippen molar-refractivity contribution in [3.8, 4) is 0 Å². The fraction of sp³-hybridized carbons (Fsp3) is 0.929. The van der Waals surface area contributed by atoms with Gasteiger partial charge in [0.15, 0.2) is 0 Å². The Morgan fingerprint density at radius 1 is 1.28 bits per heavy atom. The lowest BCUT2D eigenvalue weighted by Gasteiger charge is -2.21. The molecule has 0 spiro atoms. The third-order valence-corrected chi connectivity index (χ3v) is 3.32. The molecule has 0 radical (unpaired) electrons. The van der Waals surface area contributed by atoms with E-state index in [1.54, 1.807) is 0 Å². The number of amides is 1. The fourth-order valence-corrected chi connectivity index (χ4v) is 2.51. The quantitative estimate of drug-likeness (QED) is 0.794. The summed E-state index contributed by atoms with van der Waals surface area (Å²) < 4.78 is 5.21. The van der Waals surface area contributed by atoms with E-state index in [0.717, 1.165) is 25.4 Å². The van der Waals surface area contributed by atoms with Crippen LogP contribution in [0.2, 0.25) is 0 Å². The van der Waals surface area contributed by atoms with E-state index < -0.39 is 5.60 Å². The zero-order chi connectivity index (χ0) is 13.6. The summed E-state index contributed by atoms with van der Waals surface area (Å²) in [6.45, 7) is 10.8. The number of hydrogen-bond acceptors (Lipinski definition) is 3. The van der Waals surface area contributed by atoms with E-state index in [1.165, 1.54) is 12.8 Å². The molecule has 1 amide bonds. The van der Waals surface area contributed by atoms with E-state index in [0.29, 0.717) is 12.5 Å². The van der Waals surface area contributed by atoms with Crippen LogP contribution in [0.3, 0.4) is 0 Å². The van der Waals surface area contributed by atoms with Gasteiger partial charge in [0.05, 0.1) is 0 Å². The van der Waals surface area contributed by atoms with Crippen molar-refractivity contribution in [1.82, 2.24) is 10.6 Å². The van der Waals surface area contributed by atoms with Gasteiger partial charge >= 0.3 is 6.09 Å². The lowest BCUT2D eigenvalue weighted by atomic mass is 9.89. The maximum Gasteiger partial charge on any atom is 0.407 e. The summed E-state index contributed by atoms with van der Waals surface area (Å²) >= 11 is 0. The topological polar surface area (TPSA) is 50.4 Å². The molecule has 1 heterocycles. The summed E-state index contributed by atoms with van der Waals surface area (Å²) in [7, 11) is 0. The third kappa shape index (κ3) is 5.71. The molecule has 0 bridgehead atoms. The average Bonchev–Trinajstić information content (AvgIpc) is 2.64. The number of hydrogen-bond donors (Lipinski definition) is 2. The maximum atomic E-state index is 11.5. The van der Waals surface area contributed by atoms with Crippen molar-refractivity contribution in [2.45, 2.75) is 52.6 Å². The Balaban J connectivity index is 2.19. The molecule has 106 valence electrons. The van der Waals surface area contributed by atoms with E-state index in [9.17, 15) is 4.79 Å². The summed E-state index contributed by atoms with van der Waals surface area (Å²) in [6, 6.07) is 0. The second-order valence-corrected chi connectivity index (χ2v) is 6.18. The number of carbonyl (C=O) groups is 1. The normalized spacial score (nSPS) is 24.0. The zero-order valence-corrected chi connectivity index (χ0v) is 12.2. The van der Waals surface area contributed by atoms with Crippen molar-refractivity contribution >= 4 is 6.09 Å². The van der Waals surface area contributed by atoms with Crippen LogP contribution in [0, 0.1) is 11.8 Å². The lowest BCUT2D eigenvalue weighted by molar-refractivity contribution is 0.0524. The minimum Gasteiger partial charge on any atom is -0.444 e. The molecule has 1 rings (SSSR count). The smallest absolute Gasteiger partial charge is 0.407 e. The molecule has 0 saturated carbocycles. The van der Waals surface area contributed by atoms with Gasteiger partial charge in [0, 0.05) is 6.54 Å². The second kappa shape index (κ2) is 6.98. The van der Waals surface area contributed by atoms with Gasteiger partial charge in [-0.1, -0.05) is 13.3 Å². The van der Waals surface area contributed by atoms with E-state index in [-0.39, 0.29) is 6.09 Å². The zero-order valence-electron chi connectivity index (χ0n) is 12.2. The molecule has 1 aliphatic rings. The number of carbonyl (C=O) groups excluding carboxylic acids is 1. The van der Waals surface area contributed by atoms with Gasteiger partial charge in [-0.25, -0.2) is 4.79 Å². The third-order valence-electron chi connectivity index (χ3n) is 3.32. The lowest BCUT2D eigenvalue weighted by Crippen LogP contribution is -2.34. The Bertz CT molecular complexity index is 261. The van der Waals surface area contributed by atoms with Gasteiger partial charge in [-0.15, -0.1) is 0 Å². The van der Waals surface area contributed by atoms with Crippen molar-refractivity contribution in [1.29, 1.82) is 0 Å². The van der Waals surface area contributed by atoms with Crippen LogP contribution in [0.1, 0.15) is 47.0 Å². The Labute approximate surface area is 111 Å². The van der Waals surface area contributed by atoms with Crippen molar-refractivity contribution in [3.05, 3.63) is 0 Å². The molecule has 0 aromatic rings. The standard InChI is InChI=1S/C14H28N2O2/c1-5-6-11-9-15-10-12(11)7-8-16-13(17)18-14(2,3)4/h11-12,15H,5-10H2,1-4H3,(H,16,17). The Hall–Kier alpha value is -0.770. The first-order valence-corrected chi connectivity index (χ1v) is 7.10. The van der Waals surface area contributed by atoms with Crippen LogP contribution in [-0.2, 0) is 4.74 Å². The van der Waals surface area contributed by atoms with Gasteiger partial charge in [-0.2, -0.15) is 0 Å². The van der Waals surface area contributed by atoms with Crippen molar-refractivity contribution in [2.24, 2.45) is 11.8 Å². The van der Waals surface area contributed by atoms with E-state index >= 15 is 0 Å². The SMILES string of the molecule is CCCC1CNCC1CCNC(=O)OC(C)(C)C. The molecule has 2 N–H and O–H groups in total. The molecule has 1 saturated heterocycles. The van der Waals surface area contributed by atoms with E-state index in [4.69, 9.17) is 4.74 Å². The second-order valence-electron chi connectivity index (χ2n) is 6.18. The highest BCUT2D eigenvalue weighted by Gasteiger charge is 2.26. The molecular weight excluding hydrogens is 228 g/mol. The maximum absolute atomic E-state index is 11.5. The highest BCUT2D eigenvalue weighted by Crippen LogP contribution is 2.24. The highest BCUT2D eigenvalue weighted by molar-refractivity contribution is 5.67. The predicted octanol–water partition coefficient (Wildman–Crippen LogP) is 2.54. The van der Waals surface area contributed by atoms with E-state index in [2.05, 4.69) is 17.6 Å². The monoisotopic (exact) mass is 256 g/mol. The number of rotatable bonds is 5. The van der Waals surface area contributed by atoms with Crippen molar-refractivity contribution in [2.75, 3.05) is 19.6 Å². The summed E-state index contributed by atoms with van der Waals surface area (Å²) in [4.78, 5) is 11.5. The molecule has 4 nitrogen and oxygen atoms in total. The van der Waals surface area contributed by atoms with Gasteiger partial charge in [0.25, 0.3) is 0 Å². The molecule has 18 heavy (non-hydrogen) atoms. The molecule has 2 atom stereocenters. The van der Waals surface area contributed by atoms with Crippen LogP contribution >= 0.6 is 0 Å². The molecule has 1 fully saturated rings. The number of nitrogens with one attached hydrogen (secondary N) is 2. The van der Waals surface area contributed by atoms with Gasteiger partial charge < -0.3 is 15.4 Å². The van der Waals surface area contributed by atoms with Gasteiger partial charge in [-0.3, -0.25) is 0 Å². The molecule has 0 aliphatic carbocycles. The summed E-state index contributed by atoms with van der Waals surface area (Å²) in [5, 5.41) is 6.28. The van der Waals surface area contributed by atoms with Gasteiger partial charge in [0.2, 0.25) is 0 Å². The highest BCUT2D eigenvalue weighted by atomic mass is 16.6. The average molecular weight is 256 g/mol. The molecule has 2 unspecified atom stereocenters. The van der Waals surface area contributed by atoms with Crippen LogP contribution in [-0.4, -0.2) is 31.3 Å². The van der Waals surface area contributed by atoms with Gasteiger partial charge in [0.1, 0.15) is 5.60 Å². The van der Waals surface area contributed by atoms with Crippen LogP contribution in [0.25, 0.3) is 0 Å². The molecule has 4 heteroatoms. The fourth-order valence-electron chi connectivity index (χ4n) is 2.51. The first-order valence-electron chi connectivity index (χ1n) is 7.10. The van der Waals surface area contributed by atoms with E-state index in [1.807, 2.05) is 20.8 Å². The number of alkyl carbamates (subject to hydrolysis) is 1. The Morgan fingerprint density at radius 3 is 2.44 bits per heavy atom. The largest absolute Gasteiger partial charge is 0.444 e. The van der Waals surface area contributed by atoms with Crippen molar-refractivity contribution in [3.63, 3.8) is 0 Å². The summed E-state index contributed by atoms with van der Waals surface area (Å²) in [5.41, 5.74) is -0.413. The Morgan fingerprint density at radius 2 is 1.89 bits per heavy atom. The predicted molar refractivity (Wildman–Crippen MR) is 73.6 cm³/mol. The molecule has 0 aromatic carbocycles. The first kappa shape index (κ1) is 15.3. The van der Waals surface area contributed by atoms with Gasteiger partial charge in [-0.05, 0) is 58.5 Å². The molecular formula is C14H28N2O2. The molecule has 0 aromatic heterocycles. The van der Waals surface area contributed by atoms with Crippen molar-refractivity contribution < 1.29 is 9.53 Å². The van der Waals surface area contributed by atoms with Crippen LogP contribution in [0.4, 0.5) is 4.79 Å². The van der Waals surface area contributed by atoms with Crippen LogP contribution in [0.5, 0.6) is 0 Å². The molecule has 1 aliphatic heterocycles. The van der Waals surface area contributed by atoms with Crippen LogP contribution in [0.15, 0.2) is 0 Å². The first-order chi connectivity index (χ1) is 8.42. The summed E-state index contributed by atoms with van der Waals surface area (Å²) in [6.07, 6.45) is 3.25. The minimum atomic E-state index is -0.413. The summed E-state index contributed by atoms with van der Waals surface area (Å²) in [5.74, 6) is 1.47.